The third kappa shape index (κ3) is 3.61. The van der Waals surface area contributed by atoms with E-state index in [9.17, 15) is 8.78 Å². The van der Waals surface area contributed by atoms with E-state index in [-0.39, 0.29) is 18.0 Å². The van der Waals surface area contributed by atoms with E-state index in [1.54, 1.807) is 6.20 Å². The van der Waals surface area contributed by atoms with E-state index in [0.717, 1.165) is 18.7 Å². The highest BCUT2D eigenvalue weighted by Crippen LogP contribution is 2.21. The number of hydrogen-bond acceptors (Lipinski definition) is 2. The Kier molecular flexibility index (Phi) is 5.18. The van der Waals surface area contributed by atoms with E-state index in [0.29, 0.717) is 0 Å². The van der Waals surface area contributed by atoms with Gasteiger partial charge in [0.2, 0.25) is 0 Å². The molecule has 1 unspecified atom stereocenters. The van der Waals surface area contributed by atoms with E-state index >= 15 is 0 Å². The lowest BCUT2D eigenvalue weighted by molar-refractivity contribution is 0.483. The average Bonchev–Trinajstić information content (AvgIpc) is 2.47. The highest BCUT2D eigenvalue weighted by Gasteiger charge is 2.17. The van der Waals surface area contributed by atoms with Crippen molar-refractivity contribution in [3.05, 3.63) is 65.5 Å². The summed E-state index contributed by atoms with van der Waals surface area (Å²) in [5.74, 6) is -1.02. The summed E-state index contributed by atoms with van der Waals surface area (Å²) in [7, 11) is 0. The maximum absolute atomic E-state index is 13.8. The van der Waals surface area contributed by atoms with Crippen LogP contribution in [-0.4, -0.2) is 11.5 Å². The molecule has 1 aromatic heterocycles. The van der Waals surface area contributed by atoms with Gasteiger partial charge in [0, 0.05) is 11.8 Å². The third-order valence-corrected chi connectivity index (χ3v) is 3.16. The second-order valence-electron chi connectivity index (χ2n) is 4.67. The van der Waals surface area contributed by atoms with Crippen molar-refractivity contribution in [1.29, 1.82) is 0 Å². The largest absolute Gasteiger partial charge is 0.308 e. The van der Waals surface area contributed by atoms with Gasteiger partial charge in [-0.25, -0.2) is 8.78 Å². The summed E-state index contributed by atoms with van der Waals surface area (Å²) < 4.78 is 27.5. The van der Waals surface area contributed by atoms with Crippen LogP contribution in [0.5, 0.6) is 0 Å². The molecule has 0 aliphatic rings. The minimum Gasteiger partial charge on any atom is -0.308 e. The van der Waals surface area contributed by atoms with E-state index in [2.05, 4.69) is 10.3 Å². The van der Waals surface area contributed by atoms with Gasteiger partial charge in [-0.15, -0.1) is 0 Å². The smallest absolute Gasteiger partial charge is 0.129 e. The molecule has 0 radical (unpaired) electrons. The van der Waals surface area contributed by atoms with E-state index in [1.165, 1.54) is 18.2 Å². The van der Waals surface area contributed by atoms with Crippen molar-refractivity contribution in [3.63, 3.8) is 0 Å². The minimum absolute atomic E-state index is 0.103. The van der Waals surface area contributed by atoms with Gasteiger partial charge in [-0.3, -0.25) is 4.98 Å². The van der Waals surface area contributed by atoms with Crippen LogP contribution in [0.2, 0.25) is 0 Å². The Hall–Kier alpha value is -1.81. The number of halogens is 2. The molecule has 1 N–H and O–H groups in total. The molecule has 0 aliphatic heterocycles. The summed E-state index contributed by atoms with van der Waals surface area (Å²) in [6, 6.07) is 9.32. The van der Waals surface area contributed by atoms with E-state index in [4.69, 9.17) is 0 Å². The Bertz CT molecular complexity index is 523. The first-order chi connectivity index (χ1) is 9.72. The van der Waals surface area contributed by atoms with Crippen molar-refractivity contribution in [1.82, 2.24) is 10.3 Å². The van der Waals surface area contributed by atoms with Crippen LogP contribution in [0.25, 0.3) is 0 Å². The zero-order chi connectivity index (χ0) is 14.4. The normalized spacial score (nSPS) is 12.3. The molecule has 0 saturated carbocycles. The number of pyridine rings is 1. The Balaban J connectivity index is 2.24. The molecule has 106 valence electrons. The van der Waals surface area contributed by atoms with Crippen molar-refractivity contribution in [3.8, 4) is 0 Å². The minimum atomic E-state index is -0.510. The highest BCUT2D eigenvalue weighted by atomic mass is 19.1. The first kappa shape index (κ1) is 14.6. The standard InChI is InChI=1S/C16H18F2N2/c1-2-9-19-16(15-8-3-4-10-20-15)11-12-13(17)6-5-7-14(12)18/h3-8,10,16,19H,2,9,11H2,1H3. The van der Waals surface area contributed by atoms with E-state index < -0.39 is 11.6 Å². The first-order valence-electron chi connectivity index (χ1n) is 6.79. The number of hydrogen-bond donors (Lipinski definition) is 1. The van der Waals surface area contributed by atoms with Crippen LogP contribution in [0.1, 0.15) is 30.6 Å². The summed E-state index contributed by atoms with van der Waals surface area (Å²) >= 11 is 0. The molecule has 1 aromatic carbocycles. The SMILES string of the molecule is CCCNC(Cc1c(F)cccc1F)c1ccccn1. The Morgan fingerprint density at radius 3 is 2.45 bits per heavy atom. The van der Waals surface area contributed by atoms with Crippen molar-refractivity contribution in [2.45, 2.75) is 25.8 Å². The summed E-state index contributed by atoms with van der Waals surface area (Å²) in [6.07, 6.45) is 2.88. The lowest BCUT2D eigenvalue weighted by atomic mass is 10.0. The van der Waals surface area contributed by atoms with Gasteiger partial charge in [0.05, 0.1) is 11.7 Å². The number of rotatable bonds is 6. The average molecular weight is 276 g/mol. The lowest BCUT2D eigenvalue weighted by Gasteiger charge is -2.18. The van der Waals surface area contributed by atoms with E-state index in [1.807, 2.05) is 25.1 Å². The van der Waals surface area contributed by atoms with Gasteiger partial charge in [-0.1, -0.05) is 19.1 Å². The molecule has 0 fully saturated rings. The van der Waals surface area contributed by atoms with Crippen LogP contribution >= 0.6 is 0 Å². The quantitative estimate of drug-likeness (QED) is 0.871. The molecule has 0 bridgehead atoms. The van der Waals surface area contributed by atoms with Crippen molar-refractivity contribution >= 4 is 0 Å². The Morgan fingerprint density at radius 2 is 1.85 bits per heavy atom. The fourth-order valence-corrected chi connectivity index (χ4v) is 2.11. The molecule has 1 atom stereocenters. The summed E-state index contributed by atoms with van der Waals surface area (Å²) in [4.78, 5) is 4.28. The first-order valence-corrected chi connectivity index (χ1v) is 6.79. The maximum Gasteiger partial charge on any atom is 0.129 e. The molecule has 20 heavy (non-hydrogen) atoms. The zero-order valence-electron chi connectivity index (χ0n) is 11.4. The fourth-order valence-electron chi connectivity index (χ4n) is 2.11. The van der Waals surface area contributed by atoms with Gasteiger partial charge < -0.3 is 5.32 Å². The number of benzene rings is 1. The zero-order valence-corrected chi connectivity index (χ0v) is 11.4. The molecular weight excluding hydrogens is 258 g/mol. The van der Waals surface area contributed by atoms with Gasteiger partial charge in [0.15, 0.2) is 0 Å². The van der Waals surface area contributed by atoms with Crippen LogP contribution in [0.3, 0.4) is 0 Å². The monoisotopic (exact) mass is 276 g/mol. The number of nitrogens with one attached hydrogen (secondary N) is 1. The van der Waals surface area contributed by atoms with Gasteiger partial charge in [0.25, 0.3) is 0 Å². The second kappa shape index (κ2) is 7.10. The predicted octanol–water partition coefficient (Wildman–Crippen LogP) is 3.64. The van der Waals surface area contributed by atoms with Gasteiger partial charge in [-0.2, -0.15) is 0 Å². The third-order valence-electron chi connectivity index (χ3n) is 3.16. The summed E-state index contributed by atoms with van der Waals surface area (Å²) in [6.45, 7) is 2.82. The molecule has 0 aliphatic carbocycles. The lowest BCUT2D eigenvalue weighted by Crippen LogP contribution is -2.25. The molecule has 2 nitrogen and oxygen atoms in total. The Morgan fingerprint density at radius 1 is 1.10 bits per heavy atom. The van der Waals surface area contributed by atoms with Crippen LogP contribution in [0.15, 0.2) is 42.6 Å². The van der Waals surface area contributed by atoms with Crippen LogP contribution in [0, 0.1) is 11.6 Å². The predicted molar refractivity (Wildman–Crippen MR) is 75.3 cm³/mol. The molecule has 0 amide bonds. The van der Waals surface area contributed by atoms with Crippen molar-refractivity contribution in [2.24, 2.45) is 0 Å². The molecule has 0 spiro atoms. The maximum atomic E-state index is 13.8. The summed E-state index contributed by atoms with van der Waals surface area (Å²) in [5.41, 5.74) is 0.898. The van der Waals surface area contributed by atoms with Gasteiger partial charge >= 0.3 is 0 Å². The fraction of sp³-hybridized carbons (Fsp3) is 0.312. The van der Waals surface area contributed by atoms with Gasteiger partial charge in [-0.05, 0) is 43.7 Å². The number of nitrogens with zero attached hydrogens (tertiary/aromatic N) is 1. The molecule has 0 saturated heterocycles. The molecule has 1 heterocycles. The summed E-state index contributed by atoms with van der Waals surface area (Å²) in [5, 5.41) is 3.29. The Labute approximate surface area is 117 Å². The van der Waals surface area contributed by atoms with Crippen LogP contribution in [-0.2, 0) is 6.42 Å². The molecular formula is C16H18F2N2. The molecule has 2 aromatic rings. The molecule has 2 rings (SSSR count). The van der Waals surface area contributed by atoms with Gasteiger partial charge in [0.1, 0.15) is 11.6 Å². The van der Waals surface area contributed by atoms with Crippen LogP contribution < -0.4 is 5.32 Å². The molecule has 4 heteroatoms. The van der Waals surface area contributed by atoms with Crippen LogP contribution in [0.4, 0.5) is 8.78 Å². The van der Waals surface area contributed by atoms with Crippen molar-refractivity contribution < 1.29 is 8.78 Å². The highest BCUT2D eigenvalue weighted by molar-refractivity contribution is 5.23. The number of aromatic nitrogens is 1. The van der Waals surface area contributed by atoms with Crippen molar-refractivity contribution in [2.75, 3.05) is 6.54 Å². The topological polar surface area (TPSA) is 24.9 Å². The second-order valence-corrected chi connectivity index (χ2v) is 4.67.